The van der Waals surface area contributed by atoms with Gasteiger partial charge in [0, 0.05) is 11.5 Å². The second-order valence-electron chi connectivity index (χ2n) is 6.09. The lowest BCUT2D eigenvalue weighted by Crippen LogP contribution is -2.35. The summed E-state index contributed by atoms with van der Waals surface area (Å²) in [6, 6.07) is 9.33. The summed E-state index contributed by atoms with van der Waals surface area (Å²) >= 11 is 0. The minimum atomic E-state index is -0.176. The molecule has 0 amide bonds. The van der Waals surface area contributed by atoms with Crippen molar-refractivity contribution in [1.29, 1.82) is 0 Å². The van der Waals surface area contributed by atoms with Crippen molar-refractivity contribution in [2.24, 2.45) is 29.6 Å². The number of carbonyl (C=O) groups excluding carboxylic acids is 2. The monoisotopic (exact) mass is 284 g/mol. The maximum Gasteiger partial charge on any atom is 0.309 e. The fourth-order valence-corrected chi connectivity index (χ4v) is 4.05. The van der Waals surface area contributed by atoms with Crippen molar-refractivity contribution in [3.05, 3.63) is 48.0 Å². The van der Waals surface area contributed by atoms with Gasteiger partial charge in [-0.1, -0.05) is 49.4 Å². The quantitative estimate of drug-likeness (QED) is 0.485. The lowest BCUT2D eigenvalue weighted by atomic mass is 9.73. The third-order valence-corrected chi connectivity index (χ3v) is 5.04. The Morgan fingerprint density at radius 2 is 1.81 bits per heavy atom. The molecule has 0 heterocycles. The molecule has 0 radical (unpaired) electrons. The van der Waals surface area contributed by atoms with Crippen molar-refractivity contribution in [2.45, 2.75) is 13.3 Å². The molecule has 3 nitrogen and oxygen atoms in total. The molecule has 1 unspecified atom stereocenters. The van der Waals surface area contributed by atoms with Crippen molar-refractivity contribution < 1.29 is 14.3 Å². The van der Waals surface area contributed by atoms with Gasteiger partial charge in [0.25, 0.3) is 0 Å². The molecule has 0 aliphatic heterocycles. The molecule has 21 heavy (non-hydrogen) atoms. The van der Waals surface area contributed by atoms with Gasteiger partial charge in [-0.05, 0) is 24.2 Å². The van der Waals surface area contributed by atoms with E-state index in [1.165, 1.54) is 7.11 Å². The van der Waals surface area contributed by atoms with Crippen LogP contribution in [0.2, 0.25) is 0 Å². The van der Waals surface area contributed by atoms with Crippen LogP contribution in [-0.4, -0.2) is 18.9 Å². The predicted molar refractivity (Wildman–Crippen MR) is 79.7 cm³/mol. The first-order chi connectivity index (χ1) is 10.1. The second-order valence-corrected chi connectivity index (χ2v) is 6.09. The zero-order valence-electron chi connectivity index (χ0n) is 12.4. The van der Waals surface area contributed by atoms with Gasteiger partial charge >= 0.3 is 5.97 Å². The number of rotatable bonds is 4. The number of benzene rings is 1. The number of carbonyl (C=O) groups is 2. The average molecular weight is 284 g/mol. The van der Waals surface area contributed by atoms with Crippen LogP contribution in [0.3, 0.4) is 0 Å². The van der Waals surface area contributed by atoms with Crippen LogP contribution in [0.25, 0.3) is 0 Å². The lowest BCUT2D eigenvalue weighted by Gasteiger charge is -2.30. The molecule has 0 spiro atoms. The first-order valence-corrected chi connectivity index (χ1v) is 7.49. The summed E-state index contributed by atoms with van der Waals surface area (Å²) in [6.07, 6.45) is 5.25. The molecule has 1 aromatic rings. The molecule has 0 saturated heterocycles. The van der Waals surface area contributed by atoms with Gasteiger partial charge in [-0.2, -0.15) is 0 Å². The number of methoxy groups -OCH3 is 1. The Bertz CT molecular complexity index is 575. The van der Waals surface area contributed by atoms with E-state index in [2.05, 4.69) is 12.2 Å². The molecular weight excluding hydrogens is 264 g/mol. The molecule has 1 saturated carbocycles. The van der Waals surface area contributed by atoms with Gasteiger partial charge in [-0.3, -0.25) is 9.59 Å². The van der Waals surface area contributed by atoms with Gasteiger partial charge in [0.05, 0.1) is 13.0 Å². The van der Waals surface area contributed by atoms with E-state index in [1.54, 1.807) is 0 Å². The maximum atomic E-state index is 12.7. The van der Waals surface area contributed by atoms with E-state index in [1.807, 2.05) is 37.3 Å². The Labute approximate surface area is 125 Å². The van der Waals surface area contributed by atoms with Gasteiger partial charge in [-0.25, -0.2) is 0 Å². The molecule has 0 aromatic heterocycles. The number of allylic oxidation sites excluding steroid dienone is 2. The van der Waals surface area contributed by atoms with Crippen LogP contribution < -0.4 is 0 Å². The van der Waals surface area contributed by atoms with Crippen molar-refractivity contribution in [1.82, 2.24) is 0 Å². The molecule has 3 rings (SSSR count). The first-order valence-electron chi connectivity index (χ1n) is 7.49. The molecule has 110 valence electrons. The van der Waals surface area contributed by atoms with Gasteiger partial charge < -0.3 is 4.74 Å². The fraction of sp³-hybridized carbons (Fsp3) is 0.444. The van der Waals surface area contributed by atoms with E-state index in [0.29, 0.717) is 5.92 Å². The molecule has 5 atom stereocenters. The fourth-order valence-electron chi connectivity index (χ4n) is 4.05. The topological polar surface area (TPSA) is 43.4 Å². The van der Waals surface area contributed by atoms with Gasteiger partial charge in [-0.15, -0.1) is 0 Å². The third kappa shape index (κ3) is 2.31. The molecule has 2 aliphatic carbocycles. The summed E-state index contributed by atoms with van der Waals surface area (Å²) < 4.78 is 4.97. The van der Waals surface area contributed by atoms with Gasteiger partial charge in [0.2, 0.25) is 0 Å². The number of hydrogen-bond donors (Lipinski definition) is 0. The van der Waals surface area contributed by atoms with Gasteiger partial charge in [0.15, 0.2) is 5.78 Å². The summed E-state index contributed by atoms with van der Waals surface area (Å²) in [4.78, 5) is 24.8. The van der Waals surface area contributed by atoms with Crippen LogP contribution in [0.1, 0.15) is 23.7 Å². The van der Waals surface area contributed by atoms with E-state index in [9.17, 15) is 9.59 Å². The average Bonchev–Trinajstić information content (AvgIpc) is 3.14. The molecule has 2 aliphatic rings. The second kappa shape index (κ2) is 5.47. The normalized spacial score (nSPS) is 31.1. The summed E-state index contributed by atoms with van der Waals surface area (Å²) in [6.45, 7) is 1.95. The first kappa shape index (κ1) is 14.1. The highest BCUT2D eigenvalue weighted by atomic mass is 16.5. The lowest BCUT2D eigenvalue weighted by molar-refractivity contribution is -0.148. The number of esters is 1. The van der Waals surface area contributed by atoms with Crippen molar-refractivity contribution in [3.63, 3.8) is 0 Å². The van der Waals surface area contributed by atoms with E-state index in [4.69, 9.17) is 4.74 Å². The molecule has 0 N–H and O–H groups in total. The minimum absolute atomic E-state index is 0.0557. The Morgan fingerprint density at radius 1 is 1.14 bits per heavy atom. The largest absolute Gasteiger partial charge is 0.469 e. The number of Topliss-reactive ketones (excluding diaryl/α,β-unsaturated/α-hetero) is 1. The van der Waals surface area contributed by atoms with Crippen LogP contribution in [0.5, 0.6) is 0 Å². The van der Waals surface area contributed by atoms with Crippen molar-refractivity contribution in [2.75, 3.05) is 7.11 Å². The molecule has 1 fully saturated rings. The van der Waals surface area contributed by atoms with E-state index < -0.39 is 0 Å². The molecular formula is C18H20O3. The standard InChI is InChI=1S/C18H20O3/c1-11(17(19)12-6-4-3-5-7-12)15-13-8-9-14(10-13)16(15)18(20)21-2/h3-9,11,13-16H,10H2,1-2H3/t11?,13-,14+,15+,16+/m1/s1. The summed E-state index contributed by atoms with van der Waals surface area (Å²) in [5.74, 6) is 0.213. The van der Waals surface area contributed by atoms with Crippen LogP contribution >= 0.6 is 0 Å². The van der Waals surface area contributed by atoms with Gasteiger partial charge in [0.1, 0.15) is 0 Å². The highest BCUT2D eigenvalue weighted by Gasteiger charge is 2.51. The smallest absolute Gasteiger partial charge is 0.309 e. The Balaban J connectivity index is 1.86. The highest BCUT2D eigenvalue weighted by Crippen LogP contribution is 2.51. The number of hydrogen-bond acceptors (Lipinski definition) is 3. The van der Waals surface area contributed by atoms with E-state index in [0.717, 1.165) is 12.0 Å². The maximum absolute atomic E-state index is 12.7. The zero-order chi connectivity index (χ0) is 15.0. The third-order valence-electron chi connectivity index (χ3n) is 5.04. The number of ether oxygens (including phenoxy) is 1. The van der Waals surface area contributed by atoms with E-state index >= 15 is 0 Å². The van der Waals surface area contributed by atoms with Crippen LogP contribution in [0.4, 0.5) is 0 Å². The molecule has 1 aromatic carbocycles. The minimum Gasteiger partial charge on any atom is -0.469 e. The predicted octanol–water partition coefficient (Wildman–Crippen LogP) is 3.12. The number of fused-ring (bicyclic) bond motifs is 2. The van der Waals surface area contributed by atoms with Crippen molar-refractivity contribution in [3.8, 4) is 0 Å². The SMILES string of the molecule is COC(=O)[C@@H]1[C@@H](C(C)C(=O)c2ccccc2)[C@@H]2C=C[C@H]1C2. The number of ketones is 1. The zero-order valence-corrected chi connectivity index (χ0v) is 12.4. The Hall–Kier alpha value is -1.90. The summed E-state index contributed by atoms with van der Waals surface area (Å²) in [7, 11) is 1.43. The highest BCUT2D eigenvalue weighted by molar-refractivity contribution is 5.98. The van der Waals surface area contributed by atoms with E-state index in [-0.39, 0.29) is 35.4 Å². The van der Waals surface area contributed by atoms with Crippen LogP contribution in [0, 0.1) is 29.6 Å². The molecule has 2 bridgehead atoms. The van der Waals surface area contributed by atoms with Crippen LogP contribution in [-0.2, 0) is 9.53 Å². The van der Waals surface area contributed by atoms with Crippen molar-refractivity contribution >= 4 is 11.8 Å². The summed E-state index contributed by atoms with van der Waals surface area (Å²) in [5, 5.41) is 0. The molecule has 3 heteroatoms. The Morgan fingerprint density at radius 3 is 2.48 bits per heavy atom. The van der Waals surface area contributed by atoms with Crippen LogP contribution in [0.15, 0.2) is 42.5 Å². The Kier molecular flexibility index (Phi) is 3.66. The summed E-state index contributed by atoms with van der Waals surface area (Å²) in [5.41, 5.74) is 0.723.